The number of anilines is 2. The molecule has 0 aliphatic rings. The van der Waals surface area contributed by atoms with Crippen molar-refractivity contribution in [2.45, 2.75) is 20.8 Å². The van der Waals surface area contributed by atoms with E-state index in [4.69, 9.17) is 5.11 Å². The fraction of sp³-hybridized carbons (Fsp3) is 0.188. The third-order valence-electron chi connectivity index (χ3n) is 2.77. The Balaban J connectivity index is 0.00000127. The van der Waals surface area contributed by atoms with E-state index >= 15 is 0 Å². The molecule has 3 nitrogen and oxygen atoms in total. The van der Waals surface area contributed by atoms with Crippen molar-refractivity contribution in [2.24, 2.45) is 0 Å². The molecule has 0 amide bonds. The highest BCUT2D eigenvalue weighted by Gasteiger charge is 2.24. The predicted molar refractivity (Wildman–Crippen MR) is 79.0 cm³/mol. The average molecular weight is 329 g/mol. The fourth-order valence-electron chi connectivity index (χ4n) is 1.78. The zero-order valence-electron chi connectivity index (χ0n) is 12.7. The molecule has 0 aromatic heterocycles. The van der Waals surface area contributed by atoms with Gasteiger partial charge in [-0.05, 0) is 24.6 Å². The zero-order chi connectivity index (χ0) is 17.7. The number of rotatable bonds is 3. The molecule has 2 aromatic rings. The molecule has 23 heavy (non-hydrogen) atoms. The van der Waals surface area contributed by atoms with E-state index in [9.17, 15) is 22.4 Å². The fourth-order valence-corrected chi connectivity index (χ4v) is 1.78. The van der Waals surface area contributed by atoms with Crippen LogP contribution in [0.4, 0.5) is 28.9 Å². The van der Waals surface area contributed by atoms with Crippen LogP contribution in [0.2, 0.25) is 0 Å². The van der Waals surface area contributed by atoms with Crippen LogP contribution in [0.25, 0.3) is 0 Å². The van der Waals surface area contributed by atoms with Crippen LogP contribution in [-0.4, -0.2) is 11.1 Å². The van der Waals surface area contributed by atoms with Gasteiger partial charge in [0.05, 0.1) is 11.4 Å². The summed E-state index contributed by atoms with van der Waals surface area (Å²) in [7, 11) is 0. The first-order chi connectivity index (χ1) is 10.8. The van der Waals surface area contributed by atoms with E-state index in [0.29, 0.717) is 5.56 Å². The van der Waals surface area contributed by atoms with Gasteiger partial charge in [-0.25, -0.2) is 22.4 Å². The van der Waals surface area contributed by atoms with Crippen molar-refractivity contribution < 1.29 is 27.5 Å². The topological polar surface area (TPSA) is 49.3 Å². The number of hydrogen-bond acceptors (Lipinski definition) is 2. The third-order valence-corrected chi connectivity index (χ3v) is 2.77. The number of carbonyl (C=O) groups is 1. The normalized spacial score (nSPS) is 9.87. The van der Waals surface area contributed by atoms with Crippen LogP contribution in [0.3, 0.4) is 0 Å². The van der Waals surface area contributed by atoms with Crippen LogP contribution in [0.15, 0.2) is 24.3 Å². The van der Waals surface area contributed by atoms with Crippen molar-refractivity contribution in [3.05, 3.63) is 58.7 Å². The molecular formula is C16H15F4NO2. The maximum atomic E-state index is 13.7. The Morgan fingerprint density at radius 2 is 1.61 bits per heavy atom. The van der Waals surface area contributed by atoms with Crippen LogP contribution in [0.5, 0.6) is 0 Å². The van der Waals surface area contributed by atoms with E-state index in [1.54, 1.807) is 6.92 Å². The lowest BCUT2D eigenvalue weighted by Gasteiger charge is -2.13. The second-order valence-electron chi connectivity index (χ2n) is 4.32. The molecule has 0 atom stereocenters. The molecule has 0 spiro atoms. The number of hydrogen-bond donors (Lipinski definition) is 2. The van der Waals surface area contributed by atoms with E-state index in [0.717, 1.165) is 6.07 Å². The van der Waals surface area contributed by atoms with E-state index in [-0.39, 0.29) is 11.8 Å². The standard InChI is InChI=1S/C14H9F4NO2.C2H6/c1-6-2-3-10(7(15)4-6)19-13-11(14(20)21)8(16)5-9(17)12(13)18;1-2/h2-5,19H,1H3,(H,20,21);1-2H3. The molecule has 124 valence electrons. The number of nitrogens with one attached hydrogen (secondary N) is 1. The summed E-state index contributed by atoms with van der Waals surface area (Å²) in [4.78, 5) is 11.0. The third kappa shape index (κ3) is 4.00. The van der Waals surface area contributed by atoms with Gasteiger partial charge in [0.15, 0.2) is 11.6 Å². The van der Waals surface area contributed by atoms with Crippen molar-refractivity contribution in [3.8, 4) is 0 Å². The Bertz CT molecular complexity index is 733. The first kappa shape index (κ1) is 18.5. The Kier molecular flexibility index (Phi) is 6.12. The maximum absolute atomic E-state index is 13.7. The highest BCUT2D eigenvalue weighted by atomic mass is 19.2. The van der Waals surface area contributed by atoms with Gasteiger partial charge in [-0.15, -0.1) is 0 Å². The summed E-state index contributed by atoms with van der Waals surface area (Å²) in [5.41, 5.74) is -1.80. The number of aryl methyl sites for hydroxylation is 1. The molecule has 2 aromatic carbocycles. The summed E-state index contributed by atoms with van der Waals surface area (Å²) in [5.74, 6) is -7.26. The lowest BCUT2D eigenvalue weighted by molar-refractivity contribution is 0.0692. The molecule has 7 heteroatoms. The van der Waals surface area contributed by atoms with Crippen LogP contribution in [0, 0.1) is 30.2 Å². The minimum Gasteiger partial charge on any atom is -0.478 e. The van der Waals surface area contributed by atoms with Gasteiger partial charge in [0.2, 0.25) is 0 Å². The summed E-state index contributed by atoms with van der Waals surface area (Å²) in [6, 6.07) is 3.91. The summed E-state index contributed by atoms with van der Waals surface area (Å²) in [6.07, 6.45) is 0. The second kappa shape index (κ2) is 7.62. The molecule has 0 fully saturated rings. The number of benzene rings is 2. The first-order valence-corrected chi connectivity index (χ1v) is 6.75. The Labute approximate surface area is 130 Å². The Morgan fingerprint density at radius 3 is 2.13 bits per heavy atom. The van der Waals surface area contributed by atoms with Crippen molar-refractivity contribution in [2.75, 3.05) is 5.32 Å². The summed E-state index contributed by atoms with van der Waals surface area (Å²) >= 11 is 0. The number of carboxylic acids is 1. The van der Waals surface area contributed by atoms with Crippen molar-refractivity contribution in [1.29, 1.82) is 0 Å². The van der Waals surface area contributed by atoms with Crippen LogP contribution in [-0.2, 0) is 0 Å². The molecule has 0 unspecified atom stereocenters. The monoisotopic (exact) mass is 329 g/mol. The van der Waals surface area contributed by atoms with Crippen LogP contribution < -0.4 is 5.32 Å². The molecule has 0 aliphatic heterocycles. The summed E-state index contributed by atoms with van der Waals surface area (Å²) < 4.78 is 54.1. The van der Waals surface area contributed by atoms with Gasteiger partial charge in [0.1, 0.15) is 17.2 Å². The molecular weight excluding hydrogens is 314 g/mol. The van der Waals surface area contributed by atoms with Gasteiger partial charge in [0.25, 0.3) is 0 Å². The van der Waals surface area contributed by atoms with E-state index in [1.165, 1.54) is 12.1 Å². The Morgan fingerprint density at radius 1 is 1.00 bits per heavy atom. The van der Waals surface area contributed by atoms with Gasteiger partial charge in [0, 0.05) is 6.07 Å². The van der Waals surface area contributed by atoms with Gasteiger partial charge >= 0.3 is 5.97 Å². The number of halogens is 4. The van der Waals surface area contributed by atoms with E-state index in [1.807, 2.05) is 13.8 Å². The van der Waals surface area contributed by atoms with E-state index in [2.05, 4.69) is 5.32 Å². The van der Waals surface area contributed by atoms with Crippen molar-refractivity contribution in [1.82, 2.24) is 0 Å². The SMILES string of the molecule is CC.Cc1ccc(Nc2c(F)c(F)cc(F)c2C(=O)O)c(F)c1. The molecule has 2 N–H and O–H groups in total. The molecule has 0 heterocycles. The lowest BCUT2D eigenvalue weighted by Crippen LogP contribution is -2.10. The first-order valence-electron chi connectivity index (χ1n) is 6.75. The van der Waals surface area contributed by atoms with Gasteiger partial charge in [-0.1, -0.05) is 19.9 Å². The van der Waals surface area contributed by atoms with Gasteiger partial charge in [-0.2, -0.15) is 0 Å². The van der Waals surface area contributed by atoms with Crippen LogP contribution >= 0.6 is 0 Å². The van der Waals surface area contributed by atoms with Crippen molar-refractivity contribution in [3.63, 3.8) is 0 Å². The lowest BCUT2D eigenvalue weighted by atomic mass is 10.1. The molecule has 0 radical (unpaired) electrons. The minimum absolute atomic E-state index is 0.121. The quantitative estimate of drug-likeness (QED) is 0.614. The maximum Gasteiger partial charge on any atom is 0.340 e. The van der Waals surface area contributed by atoms with Gasteiger partial charge in [-0.3, -0.25) is 0 Å². The zero-order valence-corrected chi connectivity index (χ0v) is 12.7. The largest absolute Gasteiger partial charge is 0.478 e. The molecule has 2 rings (SSSR count). The van der Waals surface area contributed by atoms with Gasteiger partial charge < -0.3 is 10.4 Å². The highest BCUT2D eigenvalue weighted by molar-refractivity contribution is 5.95. The minimum atomic E-state index is -1.80. The average Bonchev–Trinajstić information content (AvgIpc) is 2.48. The molecule has 0 bridgehead atoms. The Hall–Kier alpha value is -2.57. The van der Waals surface area contributed by atoms with Crippen LogP contribution in [0.1, 0.15) is 29.8 Å². The summed E-state index contributed by atoms with van der Waals surface area (Å²) in [6.45, 7) is 5.61. The smallest absolute Gasteiger partial charge is 0.340 e. The molecule has 0 aliphatic carbocycles. The molecule has 0 saturated heterocycles. The molecule has 0 saturated carbocycles. The van der Waals surface area contributed by atoms with E-state index < -0.39 is 40.5 Å². The number of carboxylic acid groups (broad SMARTS) is 1. The number of aromatic carboxylic acids is 1. The highest BCUT2D eigenvalue weighted by Crippen LogP contribution is 2.30. The predicted octanol–water partition coefficient (Wildman–Crippen LogP) is 5.02. The summed E-state index contributed by atoms with van der Waals surface area (Å²) in [5, 5.41) is 11.0. The second-order valence-corrected chi connectivity index (χ2v) is 4.32. The van der Waals surface area contributed by atoms with Crippen molar-refractivity contribution >= 4 is 17.3 Å².